The van der Waals surface area contributed by atoms with Crippen LogP contribution in [0.1, 0.15) is 30.7 Å². The highest BCUT2D eigenvalue weighted by Gasteiger charge is 2.09. The molecule has 0 spiro atoms. The highest BCUT2D eigenvalue weighted by atomic mass is 16.5. The van der Waals surface area contributed by atoms with Crippen LogP contribution in [0.3, 0.4) is 0 Å². The molecule has 1 aromatic heterocycles. The van der Waals surface area contributed by atoms with E-state index in [1.165, 1.54) is 0 Å². The topological polar surface area (TPSA) is 60.2 Å². The Morgan fingerprint density at radius 1 is 1.21 bits per heavy atom. The molecule has 2 rings (SSSR count). The molecule has 0 fully saturated rings. The zero-order chi connectivity index (χ0) is 13.5. The van der Waals surface area contributed by atoms with E-state index in [1.807, 2.05) is 24.3 Å². The molecule has 1 heterocycles. The third kappa shape index (κ3) is 3.79. The Labute approximate surface area is 113 Å². The molecule has 2 aromatic rings. The molecule has 0 bridgehead atoms. The molecule has 5 heteroatoms. The van der Waals surface area contributed by atoms with Gasteiger partial charge in [-0.3, -0.25) is 0 Å². The summed E-state index contributed by atoms with van der Waals surface area (Å²) in [7, 11) is 1.66. The Kier molecular flexibility index (Phi) is 4.92. The van der Waals surface area contributed by atoms with Crippen molar-refractivity contribution in [2.75, 3.05) is 13.7 Å². The summed E-state index contributed by atoms with van der Waals surface area (Å²) in [6.45, 7) is 3.69. The van der Waals surface area contributed by atoms with Crippen LogP contribution in [-0.2, 0) is 13.0 Å². The van der Waals surface area contributed by atoms with Gasteiger partial charge in [-0.25, -0.2) is 0 Å². The van der Waals surface area contributed by atoms with Crippen molar-refractivity contribution in [3.05, 3.63) is 41.6 Å². The highest BCUT2D eigenvalue weighted by Crippen LogP contribution is 2.20. The second-order valence-electron chi connectivity index (χ2n) is 4.25. The van der Waals surface area contributed by atoms with Crippen molar-refractivity contribution in [1.82, 2.24) is 15.5 Å². The summed E-state index contributed by atoms with van der Waals surface area (Å²) in [6, 6.07) is 7.83. The second-order valence-corrected chi connectivity index (χ2v) is 4.25. The van der Waals surface area contributed by atoms with Gasteiger partial charge in [-0.05, 0) is 19.0 Å². The monoisotopic (exact) mass is 261 g/mol. The number of methoxy groups -OCH3 is 1. The maximum absolute atomic E-state index is 5.59. The number of nitrogens with zero attached hydrogens (tertiary/aromatic N) is 2. The van der Waals surface area contributed by atoms with Gasteiger partial charge in [0, 0.05) is 5.56 Å². The number of ether oxygens (including phenoxy) is 1. The van der Waals surface area contributed by atoms with Crippen LogP contribution >= 0.6 is 0 Å². The molecular weight excluding hydrogens is 242 g/mol. The summed E-state index contributed by atoms with van der Waals surface area (Å²) in [5.41, 5.74) is 1.04. The van der Waals surface area contributed by atoms with Gasteiger partial charge in [0.25, 0.3) is 0 Å². The van der Waals surface area contributed by atoms with Crippen LogP contribution < -0.4 is 10.1 Å². The highest BCUT2D eigenvalue weighted by molar-refractivity contribution is 5.34. The first-order valence-electron chi connectivity index (χ1n) is 6.47. The van der Waals surface area contributed by atoms with Crippen molar-refractivity contribution < 1.29 is 9.15 Å². The summed E-state index contributed by atoms with van der Waals surface area (Å²) in [5.74, 6) is 2.07. The predicted molar refractivity (Wildman–Crippen MR) is 72.1 cm³/mol. The summed E-state index contributed by atoms with van der Waals surface area (Å²) in [5, 5.41) is 11.3. The minimum absolute atomic E-state index is 0.588. The maximum atomic E-state index is 5.59. The third-order valence-electron chi connectivity index (χ3n) is 2.75. The molecule has 0 aliphatic rings. The number of nitrogens with one attached hydrogen (secondary N) is 1. The Hall–Kier alpha value is -1.88. The van der Waals surface area contributed by atoms with E-state index in [0.717, 1.165) is 24.3 Å². The quantitative estimate of drug-likeness (QED) is 0.774. The Balaban J connectivity index is 1.99. The van der Waals surface area contributed by atoms with Gasteiger partial charge in [-0.2, -0.15) is 0 Å². The summed E-state index contributed by atoms with van der Waals surface area (Å²) >= 11 is 0. The SMILES string of the molecule is CCCNCc1nnc(Cc2ccccc2OC)o1. The zero-order valence-electron chi connectivity index (χ0n) is 11.3. The van der Waals surface area contributed by atoms with E-state index in [2.05, 4.69) is 22.4 Å². The van der Waals surface area contributed by atoms with Crippen molar-refractivity contribution in [3.8, 4) is 5.75 Å². The average Bonchev–Trinajstić information content (AvgIpc) is 2.87. The third-order valence-corrected chi connectivity index (χ3v) is 2.75. The zero-order valence-corrected chi connectivity index (χ0v) is 11.3. The van der Waals surface area contributed by atoms with Gasteiger partial charge in [0.15, 0.2) is 0 Å². The maximum Gasteiger partial charge on any atom is 0.230 e. The second kappa shape index (κ2) is 6.89. The van der Waals surface area contributed by atoms with E-state index >= 15 is 0 Å². The lowest BCUT2D eigenvalue weighted by Gasteiger charge is -2.05. The molecule has 0 amide bonds. The van der Waals surface area contributed by atoms with Crippen LogP contribution in [0.15, 0.2) is 28.7 Å². The van der Waals surface area contributed by atoms with E-state index in [0.29, 0.717) is 24.7 Å². The summed E-state index contributed by atoms with van der Waals surface area (Å²) in [6.07, 6.45) is 1.67. The Morgan fingerprint density at radius 2 is 2.00 bits per heavy atom. The minimum atomic E-state index is 0.588. The summed E-state index contributed by atoms with van der Waals surface area (Å²) in [4.78, 5) is 0. The lowest BCUT2D eigenvalue weighted by molar-refractivity contribution is 0.405. The van der Waals surface area contributed by atoms with Crippen molar-refractivity contribution >= 4 is 0 Å². The van der Waals surface area contributed by atoms with Gasteiger partial charge in [0.05, 0.1) is 20.1 Å². The molecular formula is C14H19N3O2. The van der Waals surface area contributed by atoms with E-state index < -0.39 is 0 Å². The van der Waals surface area contributed by atoms with Gasteiger partial charge in [-0.1, -0.05) is 25.1 Å². The van der Waals surface area contributed by atoms with Crippen molar-refractivity contribution in [2.24, 2.45) is 0 Å². The van der Waals surface area contributed by atoms with Gasteiger partial charge >= 0.3 is 0 Å². The van der Waals surface area contributed by atoms with E-state index in [-0.39, 0.29) is 0 Å². The van der Waals surface area contributed by atoms with Crippen molar-refractivity contribution in [1.29, 1.82) is 0 Å². The van der Waals surface area contributed by atoms with Crippen LogP contribution in [0.5, 0.6) is 5.75 Å². The van der Waals surface area contributed by atoms with E-state index in [9.17, 15) is 0 Å². The molecule has 0 radical (unpaired) electrons. The number of hydrogen-bond acceptors (Lipinski definition) is 5. The Morgan fingerprint density at radius 3 is 2.79 bits per heavy atom. The normalized spacial score (nSPS) is 10.6. The molecule has 5 nitrogen and oxygen atoms in total. The van der Waals surface area contributed by atoms with Gasteiger partial charge < -0.3 is 14.5 Å². The van der Waals surface area contributed by atoms with Crippen LogP contribution in [-0.4, -0.2) is 23.9 Å². The molecule has 0 unspecified atom stereocenters. The lowest BCUT2D eigenvalue weighted by atomic mass is 10.1. The first-order valence-corrected chi connectivity index (χ1v) is 6.47. The van der Waals surface area contributed by atoms with Gasteiger partial charge in [-0.15, -0.1) is 10.2 Å². The molecule has 1 N–H and O–H groups in total. The lowest BCUT2D eigenvalue weighted by Crippen LogP contribution is -2.13. The van der Waals surface area contributed by atoms with Crippen LogP contribution in [0, 0.1) is 0 Å². The van der Waals surface area contributed by atoms with Gasteiger partial charge in [0.2, 0.25) is 11.8 Å². The molecule has 102 valence electrons. The predicted octanol–water partition coefficient (Wildman–Crippen LogP) is 2.17. The average molecular weight is 261 g/mol. The minimum Gasteiger partial charge on any atom is -0.496 e. The number of benzene rings is 1. The number of aromatic nitrogens is 2. The largest absolute Gasteiger partial charge is 0.496 e. The smallest absolute Gasteiger partial charge is 0.230 e. The molecule has 0 aliphatic heterocycles. The molecule has 1 aromatic carbocycles. The number of rotatable bonds is 7. The molecule has 0 aliphatic carbocycles. The first kappa shape index (κ1) is 13.5. The molecule has 19 heavy (non-hydrogen) atoms. The van der Waals surface area contributed by atoms with Crippen molar-refractivity contribution in [2.45, 2.75) is 26.3 Å². The van der Waals surface area contributed by atoms with Gasteiger partial charge in [0.1, 0.15) is 5.75 Å². The standard InChI is InChI=1S/C14H19N3O2/c1-3-8-15-10-14-17-16-13(19-14)9-11-6-4-5-7-12(11)18-2/h4-7,15H,3,8-10H2,1-2H3. The molecule has 0 atom stereocenters. The number of hydrogen-bond donors (Lipinski definition) is 1. The van der Waals surface area contributed by atoms with Crippen LogP contribution in [0.2, 0.25) is 0 Å². The van der Waals surface area contributed by atoms with Crippen LogP contribution in [0.25, 0.3) is 0 Å². The van der Waals surface area contributed by atoms with E-state index in [1.54, 1.807) is 7.11 Å². The molecule has 0 saturated carbocycles. The Bertz CT molecular complexity index is 511. The first-order chi connectivity index (χ1) is 9.33. The number of para-hydroxylation sites is 1. The van der Waals surface area contributed by atoms with E-state index in [4.69, 9.17) is 9.15 Å². The fourth-order valence-corrected chi connectivity index (χ4v) is 1.82. The summed E-state index contributed by atoms with van der Waals surface area (Å²) < 4.78 is 10.9. The fraction of sp³-hybridized carbons (Fsp3) is 0.429. The van der Waals surface area contributed by atoms with Crippen LogP contribution in [0.4, 0.5) is 0 Å². The molecule has 0 saturated heterocycles. The van der Waals surface area contributed by atoms with Crippen molar-refractivity contribution in [3.63, 3.8) is 0 Å². The fourth-order valence-electron chi connectivity index (χ4n) is 1.82.